The van der Waals surface area contributed by atoms with Crippen molar-refractivity contribution in [1.82, 2.24) is 5.32 Å². The molecule has 2 aromatic carbocycles. The van der Waals surface area contributed by atoms with Crippen molar-refractivity contribution in [2.75, 3.05) is 27.4 Å². The maximum Gasteiger partial charge on any atom is 0.261 e. The number of methoxy groups -OCH3 is 2. The van der Waals surface area contributed by atoms with Crippen LogP contribution in [0.5, 0.6) is 23.0 Å². The summed E-state index contributed by atoms with van der Waals surface area (Å²) in [6, 6.07) is 14.5. The van der Waals surface area contributed by atoms with Crippen molar-refractivity contribution in [2.45, 2.75) is 19.4 Å². The Labute approximate surface area is 154 Å². The van der Waals surface area contributed by atoms with Crippen LogP contribution in [0.2, 0.25) is 0 Å². The van der Waals surface area contributed by atoms with E-state index in [2.05, 4.69) is 5.32 Å². The number of hydrogen-bond donors (Lipinski definition) is 1. The molecule has 0 fully saturated rings. The molecule has 0 unspecified atom stereocenters. The van der Waals surface area contributed by atoms with E-state index >= 15 is 0 Å². The SMILES string of the molecule is CC[C@H](Oc1cccc(OC)c1)C(=O)NCCOc1cccc(OC)c1. The predicted molar refractivity (Wildman–Crippen MR) is 99.2 cm³/mol. The van der Waals surface area contributed by atoms with Crippen molar-refractivity contribution in [1.29, 1.82) is 0 Å². The van der Waals surface area contributed by atoms with Crippen LogP contribution in [-0.2, 0) is 4.79 Å². The van der Waals surface area contributed by atoms with Gasteiger partial charge in [0, 0.05) is 12.1 Å². The Morgan fingerprint density at radius 2 is 1.54 bits per heavy atom. The highest BCUT2D eigenvalue weighted by Gasteiger charge is 2.18. The molecule has 1 atom stereocenters. The van der Waals surface area contributed by atoms with Crippen LogP contribution < -0.4 is 24.3 Å². The van der Waals surface area contributed by atoms with E-state index in [1.807, 2.05) is 37.3 Å². The summed E-state index contributed by atoms with van der Waals surface area (Å²) < 4.78 is 21.7. The van der Waals surface area contributed by atoms with E-state index in [-0.39, 0.29) is 5.91 Å². The molecule has 0 saturated carbocycles. The van der Waals surface area contributed by atoms with E-state index in [9.17, 15) is 4.79 Å². The number of carbonyl (C=O) groups excluding carboxylic acids is 1. The Hall–Kier alpha value is -2.89. The molecular formula is C20H25NO5. The second-order valence-corrected chi connectivity index (χ2v) is 5.51. The fourth-order valence-electron chi connectivity index (χ4n) is 2.31. The Morgan fingerprint density at radius 3 is 2.15 bits per heavy atom. The molecular weight excluding hydrogens is 334 g/mol. The zero-order valence-corrected chi connectivity index (χ0v) is 15.4. The number of amides is 1. The molecule has 2 aromatic rings. The van der Waals surface area contributed by atoms with Gasteiger partial charge in [-0.25, -0.2) is 0 Å². The van der Waals surface area contributed by atoms with Crippen molar-refractivity contribution < 1.29 is 23.7 Å². The molecule has 0 spiro atoms. The summed E-state index contributed by atoms with van der Waals surface area (Å²) in [5.74, 6) is 2.52. The third-order valence-corrected chi connectivity index (χ3v) is 3.69. The van der Waals surface area contributed by atoms with Crippen LogP contribution in [0.4, 0.5) is 0 Å². The smallest absolute Gasteiger partial charge is 0.261 e. The molecule has 1 amide bonds. The minimum absolute atomic E-state index is 0.176. The lowest BCUT2D eigenvalue weighted by molar-refractivity contribution is -0.128. The molecule has 0 bridgehead atoms. The fourth-order valence-corrected chi connectivity index (χ4v) is 2.31. The quantitative estimate of drug-likeness (QED) is 0.661. The van der Waals surface area contributed by atoms with Crippen LogP contribution in [-0.4, -0.2) is 39.4 Å². The topological polar surface area (TPSA) is 66.0 Å². The molecule has 0 aliphatic rings. The Balaban J connectivity index is 1.79. The number of ether oxygens (including phenoxy) is 4. The van der Waals surface area contributed by atoms with Crippen molar-refractivity contribution >= 4 is 5.91 Å². The number of rotatable bonds is 10. The zero-order valence-electron chi connectivity index (χ0n) is 15.4. The summed E-state index contributed by atoms with van der Waals surface area (Å²) in [5.41, 5.74) is 0. The van der Waals surface area contributed by atoms with E-state index < -0.39 is 6.10 Å². The highest BCUT2D eigenvalue weighted by atomic mass is 16.5. The summed E-state index contributed by atoms with van der Waals surface area (Å²) in [7, 11) is 3.19. The Morgan fingerprint density at radius 1 is 0.962 bits per heavy atom. The van der Waals surface area contributed by atoms with Crippen LogP contribution in [0.15, 0.2) is 48.5 Å². The second kappa shape index (κ2) is 10.2. The van der Waals surface area contributed by atoms with Gasteiger partial charge in [-0.15, -0.1) is 0 Å². The Bertz CT molecular complexity index is 704. The average molecular weight is 359 g/mol. The standard InChI is InChI=1S/C20H25NO5/c1-4-19(26-18-10-6-8-16(14-18)24-3)20(22)21-11-12-25-17-9-5-7-15(13-17)23-2/h5-10,13-14,19H,4,11-12H2,1-3H3,(H,21,22)/t19-/m0/s1. The molecule has 6 nitrogen and oxygen atoms in total. The molecule has 1 N–H and O–H groups in total. The van der Waals surface area contributed by atoms with Gasteiger partial charge in [0.15, 0.2) is 6.10 Å². The maximum absolute atomic E-state index is 12.3. The monoisotopic (exact) mass is 359 g/mol. The molecule has 2 rings (SSSR count). The van der Waals surface area contributed by atoms with E-state index in [0.717, 1.165) is 5.75 Å². The summed E-state index contributed by atoms with van der Waals surface area (Å²) in [6.45, 7) is 2.64. The average Bonchev–Trinajstić information content (AvgIpc) is 2.69. The predicted octanol–water partition coefficient (Wildman–Crippen LogP) is 3.06. The first-order chi connectivity index (χ1) is 12.7. The van der Waals surface area contributed by atoms with Crippen LogP contribution in [0.3, 0.4) is 0 Å². The van der Waals surface area contributed by atoms with Crippen LogP contribution in [0.1, 0.15) is 13.3 Å². The molecule has 140 valence electrons. The third-order valence-electron chi connectivity index (χ3n) is 3.69. The van der Waals surface area contributed by atoms with E-state index in [4.69, 9.17) is 18.9 Å². The van der Waals surface area contributed by atoms with Crippen LogP contribution in [0, 0.1) is 0 Å². The first kappa shape index (κ1) is 19.4. The number of carbonyl (C=O) groups is 1. The van der Waals surface area contributed by atoms with Crippen molar-refractivity contribution in [2.24, 2.45) is 0 Å². The third kappa shape index (κ3) is 5.88. The van der Waals surface area contributed by atoms with Crippen molar-refractivity contribution in [3.8, 4) is 23.0 Å². The molecule has 0 radical (unpaired) electrons. The summed E-state index contributed by atoms with van der Waals surface area (Å²) in [6.07, 6.45) is -0.0151. The highest BCUT2D eigenvalue weighted by molar-refractivity contribution is 5.81. The molecule has 0 aliphatic carbocycles. The number of hydrogen-bond acceptors (Lipinski definition) is 5. The van der Waals surface area contributed by atoms with Gasteiger partial charge in [-0.3, -0.25) is 4.79 Å². The van der Waals surface area contributed by atoms with Crippen molar-refractivity contribution in [3.05, 3.63) is 48.5 Å². The van der Waals surface area contributed by atoms with Gasteiger partial charge in [0.25, 0.3) is 5.91 Å². The van der Waals surface area contributed by atoms with Gasteiger partial charge in [0.05, 0.1) is 20.8 Å². The lowest BCUT2D eigenvalue weighted by Crippen LogP contribution is -2.39. The van der Waals surface area contributed by atoms with Gasteiger partial charge in [0.1, 0.15) is 29.6 Å². The maximum atomic E-state index is 12.3. The second-order valence-electron chi connectivity index (χ2n) is 5.51. The van der Waals surface area contributed by atoms with Gasteiger partial charge in [-0.2, -0.15) is 0 Å². The lowest BCUT2D eigenvalue weighted by atomic mass is 10.2. The molecule has 0 aliphatic heterocycles. The van der Waals surface area contributed by atoms with Crippen LogP contribution >= 0.6 is 0 Å². The largest absolute Gasteiger partial charge is 0.497 e. The highest BCUT2D eigenvalue weighted by Crippen LogP contribution is 2.21. The first-order valence-electron chi connectivity index (χ1n) is 8.51. The fraction of sp³-hybridized carbons (Fsp3) is 0.350. The summed E-state index contributed by atoms with van der Waals surface area (Å²) in [5, 5.41) is 2.83. The minimum Gasteiger partial charge on any atom is -0.497 e. The first-order valence-corrected chi connectivity index (χ1v) is 8.51. The summed E-state index contributed by atoms with van der Waals surface area (Å²) >= 11 is 0. The molecule has 0 heterocycles. The molecule has 26 heavy (non-hydrogen) atoms. The molecule has 0 aromatic heterocycles. The van der Waals surface area contributed by atoms with Gasteiger partial charge < -0.3 is 24.3 Å². The minimum atomic E-state index is -0.570. The molecule has 0 saturated heterocycles. The van der Waals surface area contributed by atoms with E-state index in [0.29, 0.717) is 36.8 Å². The Kier molecular flexibility index (Phi) is 7.61. The van der Waals surface area contributed by atoms with E-state index in [1.165, 1.54) is 0 Å². The lowest BCUT2D eigenvalue weighted by Gasteiger charge is -2.18. The van der Waals surface area contributed by atoms with E-state index in [1.54, 1.807) is 32.4 Å². The number of benzene rings is 2. The number of nitrogens with one attached hydrogen (secondary N) is 1. The van der Waals surface area contributed by atoms with Gasteiger partial charge in [-0.05, 0) is 30.7 Å². The van der Waals surface area contributed by atoms with Gasteiger partial charge >= 0.3 is 0 Å². The van der Waals surface area contributed by atoms with Gasteiger partial charge in [-0.1, -0.05) is 19.1 Å². The zero-order chi connectivity index (χ0) is 18.8. The molecule has 6 heteroatoms. The normalized spacial score (nSPS) is 11.3. The van der Waals surface area contributed by atoms with Crippen molar-refractivity contribution in [3.63, 3.8) is 0 Å². The van der Waals surface area contributed by atoms with Crippen LogP contribution in [0.25, 0.3) is 0 Å². The summed E-state index contributed by atoms with van der Waals surface area (Å²) in [4.78, 5) is 12.3. The van der Waals surface area contributed by atoms with Gasteiger partial charge in [0.2, 0.25) is 0 Å².